The molecule has 0 unspecified atom stereocenters. The van der Waals surface area contributed by atoms with Gasteiger partial charge >= 0.3 is 5.97 Å². The summed E-state index contributed by atoms with van der Waals surface area (Å²) in [7, 11) is 0. The highest BCUT2D eigenvalue weighted by Crippen LogP contribution is 2.26. The van der Waals surface area contributed by atoms with Crippen LogP contribution in [0, 0.1) is 5.92 Å². The summed E-state index contributed by atoms with van der Waals surface area (Å²) >= 11 is 0. The van der Waals surface area contributed by atoms with Crippen molar-refractivity contribution < 1.29 is 14.6 Å². The van der Waals surface area contributed by atoms with Crippen molar-refractivity contribution in [1.82, 2.24) is 4.90 Å². The minimum absolute atomic E-state index is 0.0891. The lowest BCUT2D eigenvalue weighted by Crippen LogP contribution is -2.32. The Labute approximate surface area is 114 Å². The van der Waals surface area contributed by atoms with E-state index in [4.69, 9.17) is 9.84 Å². The number of benzene rings is 1. The molecule has 1 aliphatic heterocycles. The largest absolute Gasteiger partial charge is 0.493 e. The van der Waals surface area contributed by atoms with E-state index in [2.05, 4.69) is 19.9 Å². The van der Waals surface area contributed by atoms with Gasteiger partial charge in [0.05, 0.1) is 13.2 Å². The quantitative estimate of drug-likeness (QED) is 0.854. The molecule has 2 rings (SSSR count). The van der Waals surface area contributed by atoms with E-state index < -0.39 is 5.97 Å². The van der Waals surface area contributed by atoms with Crippen LogP contribution < -0.4 is 4.74 Å². The van der Waals surface area contributed by atoms with Gasteiger partial charge in [0.25, 0.3) is 0 Å². The molecule has 0 aliphatic carbocycles. The Hall–Kier alpha value is -1.55. The number of carboxylic acid groups (broad SMARTS) is 1. The van der Waals surface area contributed by atoms with Gasteiger partial charge < -0.3 is 9.84 Å². The predicted molar refractivity (Wildman–Crippen MR) is 73.4 cm³/mol. The van der Waals surface area contributed by atoms with E-state index in [9.17, 15) is 4.79 Å². The molecule has 1 aliphatic rings. The molecule has 0 fully saturated rings. The maximum absolute atomic E-state index is 10.9. The molecule has 4 nitrogen and oxygen atoms in total. The van der Waals surface area contributed by atoms with Crippen LogP contribution in [0.3, 0.4) is 0 Å². The third kappa shape index (κ3) is 3.96. The highest BCUT2D eigenvalue weighted by Gasteiger charge is 2.15. The van der Waals surface area contributed by atoms with E-state index in [1.54, 1.807) is 0 Å². The fourth-order valence-corrected chi connectivity index (χ4v) is 2.49. The van der Waals surface area contributed by atoms with E-state index >= 15 is 0 Å². The molecule has 0 atom stereocenters. The Bertz CT molecular complexity index is 457. The molecule has 104 valence electrons. The van der Waals surface area contributed by atoms with Gasteiger partial charge in [-0.05, 0) is 23.1 Å². The van der Waals surface area contributed by atoms with Crippen molar-refractivity contribution in [2.75, 3.05) is 19.7 Å². The number of nitrogens with zero attached hydrogens (tertiary/aromatic N) is 1. The number of hydrogen-bond acceptors (Lipinski definition) is 3. The van der Waals surface area contributed by atoms with Crippen LogP contribution in [0.5, 0.6) is 5.75 Å². The van der Waals surface area contributed by atoms with Crippen molar-refractivity contribution in [3.63, 3.8) is 0 Å². The Morgan fingerprint density at radius 3 is 2.95 bits per heavy atom. The van der Waals surface area contributed by atoms with E-state index in [0.717, 1.165) is 30.9 Å². The van der Waals surface area contributed by atoms with Crippen molar-refractivity contribution in [3.8, 4) is 5.75 Å². The lowest BCUT2D eigenvalue weighted by atomic mass is 10.1. The number of aliphatic carboxylic acids is 1. The lowest BCUT2D eigenvalue weighted by Gasteiger charge is -2.22. The van der Waals surface area contributed by atoms with Crippen LogP contribution in [0.25, 0.3) is 0 Å². The smallest absolute Gasteiger partial charge is 0.317 e. The molecule has 0 saturated carbocycles. The average molecular weight is 263 g/mol. The molecule has 0 amide bonds. The maximum Gasteiger partial charge on any atom is 0.317 e. The molecule has 0 aromatic heterocycles. The summed E-state index contributed by atoms with van der Waals surface area (Å²) < 4.78 is 5.48. The third-order valence-corrected chi connectivity index (χ3v) is 3.14. The van der Waals surface area contributed by atoms with Gasteiger partial charge in [0.15, 0.2) is 0 Å². The Balaban J connectivity index is 2.05. The van der Waals surface area contributed by atoms with Gasteiger partial charge in [-0.2, -0.15) is 0 Å². The number of ether oxygens (including phenoxy) is 1. The second kappa shape index (κ2) is 6.06. The molecule has 1 aromatic rings. The summed E-state index contributed by atoms with van der Waals surface area (Å²) in [5, 5.41) is 8.97. The summed E-state index contributed by atoms with van der Waals surface area (Å²) in [6.07, 6.45) is 0.951. The highest BCUT2D eigenvalue weighted by atomic mass is 16.5. The Kier molecular flexibility index (Phi) is 4.43. The van der Waals surface area contributed by atoms with Gasteiger partial charge in [-0.3, -0.25) is 9.69 Å². The van der Waals surface area contributed by atoms with E-state index in [1.165, 1.54) is 5.56 Å². The van der Waals surface area contributed by atoms with Crippen LogP contribution in [0.15, 0.2) is 18.2 Å². The topological polar surface area (TPSA) is 49.8 Å². The first-order valence-electron chi connectivity index (χ1n) is 6.73. The SMILES string of the molecule is CC(C)CN(CC(=O)O)Cc1ccc2c(c1)CCO2. The van der Waals surface area contributed by atoms with Gasteiger partial charge in [0.2, 0.25) is 0 Å². The van der Waals surface area contributed by atoms with Crippen molar-refractivity contribution in [1.29, 1.82) is 0 Å². The molecule has 0 bridgehead atoms. The minimum atomic E-state index is -0.773. The van der Waals surface area contributed by atoms with Crippen molar-refractivity contribution >= 4 is 5.97 Å². The molecule has 0 saturated heterocycles. The number of carboxylic acids is 1. The minimum Gasteiger partial charge on any atom is -0.493 e. The first-order chi connectivity index (χ1) is 9.04. The van der Waals surface area contributed by atoms with Crippen LogP contribution in [0.4, 0.5) is 0 Å². The molecular formula is C15H21NO3. The van der Waals surface area contributed by atoms with E-state index in [-0.39, 0.29) is 6.54 Å². The second-order valence-electron chi connectivity index (χ2n) is 5.50. The highest BCUT2D eigenvalue weighted by molar-refractivity contribution is 5.69. The summed E-state index contributed by atoms with van der Waals surface area (Å²) in [6.45, 7) is 6.52. The molecule has 1 aromatic carbocycles. The Morgan fingerprint density at radius 1 is 1.47 bits per heavy atom. The zero-order valence-electron chi connectivity index (χ0n) is 11.6. The number of hydrogen-bond donors (Lipinski definition) is 1. The standard InChI is InChI=1S/C15H21NO3/c1-11(2)8-16(10-15(17)18)9-12-3-4-14-13(7-12)5-6-19-14/h3-4,7,11H,5-6,8-10H2,1-2H3,(H,17,18). The van der Waals surface area contributed by atoms with Crippen LogP contribution in [0.1, 0.15) is 25.0 Å². The normalized spacial score (nSPS) is 13.7. The summed E-state index contributed by atoms with van der Waals surface area (Å²) in [5.41, 5.74) is 2.39. The number of rotatable bonds is 6. The monoisotopic (exact) mass is 263 g/mol. The molecule has 0 radical (unpaired) electrons. The van der Waals surface area contributed by atoms with Gasteiger partial charge in [0, 0.05) is 19.5 Å². The molecule has 4 heteroatoms. The number of fused-ring (bicyclic) bond motifs is 1. The second-order valence-corrected chi connectivity index (χ2v) is 5.50. The predicted octanol–water partition coefficient (Wildman–Crippen LogP) is 2.16. The molecule has 1 heterocycles. The van der Waals surface area contributed by atoms with Crippen molar-refractivity contribution in [2.24, 2.45) is 5.92 Å². The van der Waals surface area contributed by atoms with Gasteiger partial charge in [-0.25, -0.2) is 0 Å². The van der Waals surface area contributed by atoms with Crippen molar-refractivity contribution in [3.05, 3.63) is 29.3 Å². The first-order valence-corrected chi connectivity index (χ1v) is 6.73. The molecule has 19 heavy (non-hydrogen) atoms. The van der Waals surface area contributed by atoms with Gasteiger partial charge in [-0.15, -0.1) is 0 Å². The fraction of sp³-hybridized carbons (Fsp3) is 0.533. The van der Waals surface area contributed by atoms with Gasteiger partial charge in [-0.1, -0.05) is 26.0 Å². The zero-order chi connectivity index (χ0) is 13.8. The fourth-order valence-electron chi connectivity index (χ4n) is 2.49. The molecule has 1 N–H and O–H groups in total. The van der Waals surface area contributed by atoms with Crippen LogP contribution in [0.2, 0.25) is 0 Å². The number of carbonyl (C=O) groups is 1. The van der Waals surface area contributed by atoms with Crippen molar-refractivity contribution in [2.45, 2.75) is 26.8 Å². The van der Waals surface area contributed by atoms with Gasteiger partial charge in [0.1, 0.15) is 5.75 Å². The average Bonchev–Trinajstić information content (AvgIpc) is 2.74. The zero-order valence-corrected chi connectivity index (χ0v) is 11.6. The first kappa shape index (κ1) is 13.9. The third-order valence-electron chi connectivity index (χ3n) is 3.14. The maximum atomic E-state index is 10.9. The Morgan fingerprint density at radius 2 is 2.26 bits per heavy atom. The molecular weight excluding hydrogens is 242 g/mol. The van der Waals surface area contributed by atoms with E-state index in [0.29, 0.717) is 12.5 Å². The summed E-state index contributed by atoms with van der Waals surface area (Å²) in [4.78, 5) is 12.9. The molecule has 0 spiro atoms. The van der Waals surface area contributed by atoms with Crippen LogP contribution >= 0.6 is 0 Å². The summed E-state index contributed by atoms with van der Waals surface area (Å²) in [5.74, 6) is 0.652. The van der Waals surface area contributed by atoms with Crippen LogP contribution in [-0.2, 0) is 17.8 Å². The summed E-state index contributed by atoms with van der Waals surface area (Å²) in [6, 6.07) is 6.16. The lowest BCUT2D eigenvalue weighted by molar-refractivity contribution is -0.138. The van der Waals surface area contributed by atoms with Crippen LogP contribution in [-0.4, -0.2) is 35.7 Å². The van der Waals surface area contributed by atoms with E-state index in [1.807, 2.05) is 17.0 Å².